The monoisotopic (exact) mass is 571 g/mol. The zero-order chi connectivity index (χ0) is 29.0. The van der Waals surface area contributed by atoms with Crippen molar-refractivity contribution in [1.29, 1.82) is 0 Å². The van der Waals surface area contributed by atoms with Gasteiger partial charge in [-0.2, -0.15) is 8.42 Å². The van der Waals surface area contributed by atoms with Gasteiger partial charge < -0.3 is 10.4 Å². The number of nitrogens with one attached hydrogen (secondary N) is 1. The van der Waals surface area contributed by atoms with Gasteiger partial charge in [-0.3, -0.25) is 9.35 Å². The third kappa shape index (κ3) is 28.2. The largest absolute Gasteiger partial charge is 0.387 e. The van der Waals surface area contributed by atoms with E-state index < -0.39 is 28.0 Å². The maximum absolute atomic E-state index is 12.3. The first-order valence-corrected chi connectivity index (χ1v) is 17.6. The van der Waals surface area contributed by atoms with Crippen molar-refractivity contribution in [3.05, 3.63) is 24.3 Å². The van der Waals surface area contributed by atoms with Crippen molar-refractivity contribution in [2.24, 2.45) is 0 Å². The highest BCUT2D eigenvalue weighted by molar-refractivity contribution is 7.85. The Morgan fingerprint density at radius 1 is 0.667 bits per heavy atom. The van der Waals surface area contributed by atoms with Gasteiger partial charge in [-0.15, -0.1) is 0 Å². The molecular formula is C32H61NO5S. The van der Waals surface area contributed by atoms with Crippen LogP contribution in [0.4, 0.5) is 0 Å². The van der Waals surface area contributed by atoms with Crippen molar-refractivity contribution >= 4 is 16.0 Å². The molecule has 0 heterocycles. The Balaban J connectivity index is 4.12. The molecule has 6 nitrogen and oxygen atoms in total. The third-order valence-corrected chi connectivity index (χ3v) is 7.91. The molecule has 0 aliphatic carbocycles. The lowest BCUT2D eigenvalue weighted by Gasteiger charge is -2.21. The van der Waals surface area contributed by atoms with E-state index in [0.717, 1.165) is 38.5 Å². The number of hydrogen-bond acceptors (Lipinski definition) is 4. The van der Waals surface area contributed by atoms with Crippen molar-refractivity contribution in [2.75, 3.05) is 5.75 Å². The molecule has 2 unspecified atom stereocenters. The van der Waals surface area contributed by atoms with Gasteiger partial charge in [0.25, 0.3) is 10.1 Å². The van der Waals surface area contributed by atoms with E-state index in [1.54, 1.807) is 6.08 Å². The van der Waals surface area contributed by atoms with E-state index in [2.05, 4.69) is 31.3 Å². The summed E-state index contributed by atoms with van der Waals surface area (Å²) in [6, 6.07) is -1.07. The minimum atomic E-state index is -4.34. The molecule has 230 valence electrons. The highest BCUT2D eigenvalue weighted by Crippen LogP contribution is 2.12. The minimum Gasteiger partial charge on any atom is -0.387 e. The van der Waals surface area contributed by atoms with Gasteiger partial charge in [-0.1, -0.05) is 141 Å². The lowest BCUT2D eigenvalue weighted by Crippen LogP contribution is -2.46. The van der Waals surface area contributed by atoms with Crippen molar-refractivity contribution in [3.63, 3.8) is 0 Å². The molecule has 7 heteroatoms. The second kappa shape index (κ2) is 27.0. The summed E-state index contributed by atoms with van der Waals surface area (Å²) < 4.78 is 32.1. The summed E-state index contributed by atoms with van der Waals surface area (Å²) in [6.45, 7) is 4.46. The topological polar surface area (TPSA) is 104 Å². The number of aliphatic hydroxyl groups is 1. The summed E-state index contributed by atoms with van der Waals surface area (Å²) >= 11 is 0. The molecule has 0 aliphatic rings. The number of allylic oxidation sites excluding steroid dienone is 3. The fourth-order valence-corrected chi connectivity index (χ4v) is 5.43. The zero-order valence-corrected chi connectivity index (χ0v) is 26.1. The number of amides is 1. The Morgan fingerprint density at radius 3 is 1.62 bits per heavy atom. The van der Waals surface area contributed by atoms with E-state index in [1.165, 1.54) is 102 Å². The first-order chi connectivity index (χ1) is 18.8. The SMILES string of the molecule is CCCCCCCCCCC/C=C/CC/C=C/C(O)C(CS(=O)(=O)O)NC(=O)CCCCCCCCCCC. The molecule has 0 aliphatic heterocycles. The number of hydrogen-bond donors (Lipinski definition) is 3. The predicted molar refractivity (Wildman–Crippen MR) is 166 cm³/mol. The van der Waals surface area contributed by atoms with E-state index in [4.69, 9.17) is 0 Å². The van der Waals surface area contributed by atoms with Crippen LogP contribution in [0.1, 0.15) is 155 Å². The Hall–Kier alpha value is -1.18. The van der Waals surface area contributed by atoms with Gasteiger partial charge in [0, 0.05) is 6.42 Å². The lowest BCUT2D eigenvalue weighted by molar-refractivity contribution is -0.122. The van der Waals surface area contributed by atoms with Crippen molar-refractivity contribution in [1.82, 2.24) is 5.32 Å². The number of rotatable bonds is 28. The Kier molecular flexibility index (Phi) is 26.2. The van der Waals surface area contributed by atoms with Gasteiger partial charge in [-0.25, -0.2) is 0 Å². The van der Waals surface area contributed by atoms with Crippen LogP contribution in [0.15, 0.2) is 24.3 Å². The van der Waals surface area contributed by atoms with Crippen LogP contribution in [0.2, 0.25) is 0 Å². The van der Waals surface area contributed by atoms with E-state index in [9.17, 15) is 22.9 Å². The second-order valence-electron chi connectivity index (χ2n) is 11.1. The highest BCUT2D eigenvalue weighted by Gasteiger charge is 2.24. The molecule has 0 saturated carbocycles. The van der Waals surface area contributed by atoms with Crippen LogP contribution >= 0.6 is 0 Å². The van der Waals surface area contributed by atoms with E-state index in [0.29, 0.717) is 0 Å². The molecule has 0 aromatic rings. The molecule has 0 radical (unpaired) electrons. The lowest BCUT2D eigenvalue weighted by atomic mass is 10.1. The average Bonchev–Trinajstić information content (AvgIpc) is 2.88. The van der Waals surface area contributed by atoms with Crippen LogP contribution in [0.3, 0.4) is 0 Å². The van der Waals surface area contributed by atoms with Crippen molar-refractivity contribution < 1.29 is 22.9 Å². The fourth-order valence-electron chi connectivity index (χ4n) is 4.70. The third-order valence-electron chi connectivity index (χ3n) is 7.13. The molecule has 0 saturated heterocycles. The maximum Gasteiger partial charge on any atom is 0.267 e. The number of aliphatic hydroxyl groups excluding tert-OH is 1. The summed E-state index contributed by atoms with van der Waals surface area (Å²) in [7, 11) is -4.34. The molecular weight excluding hydrogens is 510 g/mol. The van der Waals surface area contributed by atoms with Crippen LogP contribution in [-0.4, -0.2) is 41.9 Å². The Bertz CT molecular complexity index is 720. The Morgan fingerprint density at radius 2 is 1.10 bits per heavy atom. The van der Waals surface area contributed by atoms with E-state index >= 15 is 0 Å². The summed E-state index contributed by atoms with van der Waals surface area (Å²) in [5, 5.41) is 13.1. The summed E-state index contributed by atoms with van der Waals surface area (Å²) in [5.41, 5.74) is 0. The van der Waals surface area contributed by atoms with Gasteiger partial charge in [0.15, 0.2) is 0 Å². The molecule has 0 spiro atoms. The zero-order valence-electron chi connectivity index (χ0n) is 25.3. The van der Waals surface area contributed by atoms with Crippen LogP contribution < -0.4 is 5.32 Å². The molecule has 0 aromatic carbocycles. The molecule has 39 heavy (non-hydrogen) atoms. The molecule has 1 amide bonds. The molecule has 0 aromatic heterocycles. The smallest absolute Gasteiger partial charge is 0.267 e. The predicted octanol–water partition coefficient (Wildman–Crippen LogP) is 8.45. The molecule has 0 bridgehead atoms. The Labute approximate surface area is 241 Å². The van der Waals surface area contributed by atoms with Crippen molar-refractivity contribution in [3.8, 4) is 0 Å². The quantitative estimate of drug-likeness (QED) is 0.0496. The van der Waals surface area contributed by atoms with Crippen LogP contribution in [0, 0.1) is 0 Å². The highest BCUT2D eigenvalue weighted by atomic mass is 32.2. The number of unbranched alkanes of at least 4 members (excludes halogenated alkanes) is 18. The summed E-state index contributed by atoms with van der Waals surface area (Å²) in [6.07, 6.45) is 31.7. The van der Waals surface area contributed by atoms with E-state index in [-0.39, 0.29) is 12.3 Å². The van der Waals surface area contributed by atoms with Crippen molar-refractivity contribution in [2.45, 2.75) is 167 Å². The summed E-state index contributed by atoms with van der Waals surface area (Å²) in [5.74, 6) is -1.00. The molecule has 0 fully saturated rings. The first kappa shape index (κ1) is 37.8. The first-order valence-electron chi connectivity index (χ1n) is 16.0. The number of carbonyl (C=O) groups excluding carboxylic acids is 1. The second-order valence-corrected chi connectivity index (χ2v) is 12.6. The maximum atomic E-state index is 12.3. The minimum absolute atomic E-state index is 0.290. The molecule has 2 atom stereocenters. The summed E-state index contributed by atoms with van der Waals surface area (Å²) in [4.78, 5) is 12.3. The normalized spacial score (nSPS) is 13.8. The van der Waals surface area contributed by atoms with Crippen LogP contribution in [0.5, 0.6) is 0 Å². The van der Waals surface area contributed by atoms with Crippen LogP contribution in [0.25, 0.3) is 0 Å². The van der Waals surface area contributed by atoms with E-state index in [1.807, 2.05) is 0 Å². The fraction of sp³-hybridized carbons (Fsp3) is 0.844. The van der Waals surface area contributed by atoms with Gasteiger partial charge in [0.2, 0.25) is 5.91 Å². The van der Waals surface area contributed by atoms with Gasteiger partial charge in [0.1, 0.15) is 0 Å². The molecule has 3 N–H and O–H groups in total. The number of carbonyl (C=O) groups is 1. The van der Waals surface area contributed by atoms with Gasteiger partial charge in [-0.05, 0) is 32.1 Å². The molecule has 0 rings (SSSR count). The average molecular weight is 572 g/mol. The van der Waals surface area contributed by atoms with Crippen LogP contribution in [-0.2, 0) is 14.9 Å². The standard InChI is InChI=1S/C32H61NO5S/c1-3-5-7-9-11-13-14-15-16-17-18-20-21-23-25-27-31(34)30(29-39(36,37)38)33-32(35)28-26-24-22-19-12-10-8-6-4-2/h18,20,25,27,30-31,34H,3-17,19,21-24,26,28-29H2,1-2H3,(H,33,35)(H,36,37,38)/b20-18+,27-25+. The van der Waals surface area contributed by atoms with Gasteiger partial charge in [0.05, 0.1) is 17.9 Å². The van der Waals surface area contributed by atoms with Gasteiger partial charge >= 0.3 is 0 Å².